The highest BCUT2D eigenvalue weighted by Crippen LogP contribution is 2.64. The van der Waals surface area contributed by atoms with E-state index in [0.717, 1.165) is 6.42 Å². The number of hydrogen-bond acceptors (Lipinski definition) is 3. The van der Waals surface area contributed by atoms with E-state index >= 15 is 0 Å². The van der Waals surface area contributed by atoms with Crippen LogP contribution in [0.15, 0.2) is 0 Å². The Hall–Kier alpha value is -0.120. The second-order valence-electron chi connectivity index (χ2n) is 7.10. The van der Waals surface area contributed by atoms with Crippen molar-refractivity contribution in [2.45, 2.75) is 77.5 Å². The fourth-order valence-corrected chi connectivity index (χ4v) is 3.45. The van der Waals surface area contributed by atoms with Crippen molar-refractivity contribution in [1.29, 1.82) is 0 Å². The molecule has 0 saturated carbocycles. The summed E-state index contributed by atoms with van der Waals surface area (Å²) in [5.41, 5.74) is -1.33. The van der Waals surface area contributed by atoms with Gasteiger partial charge in [0.1, 0.15) is 5.60 Å². The first-order valence-corrected chi connectivity index (χ1v) is 6.00. The van der Waals surface area contributed by atoms with Crippen LogP contribution in [0.5, 0.6) is 0 Å². The molecule has 1 atom stereocenters. The van der Waals surface area contributed by atoms with Gasteiger partial charge in [0.2, 0.25) is 0 Å². The van der Waals surface area contributed by atoms with Gasteiger partial charge in [-0.15, -0.1) is 0 Å². The molecule has 0 bridgehead atoms. The maximum atomic E-state index is 10.4. The predicted molar refractivity (Wildman–Crippen MR) is 62.1 cm³/mol. The Labute approximate surface area is 98.1 Å². The Balaban J connectivity index is 2.44. The highest BCUT2D eigenvalue weighted by molar-refractivity contribution is 5.22. The summed E-state index contributed by atoms with van der Waals surface area (Å²) in [7, 11) is 0. The molecule has 94 valence electrons. The van der Waals surface area contributed by atoms with Crippen LogP contribution >= 0.6 is 0 Å². The monoisotopic (exact) mass is 228 g/mol. The molecule has 2 fully saturated rings. The summed E-state index contributed by atoms with van der Waals surface area (Å²) >= 11 is 0. The second-order valence-corrected chi connectivity index (χ2v) is 7.10. The van der Waals surface area contributed by atoms with E-state index in [2.05, 4.69) is 0 Å². The molecule has 0 aromatic heterocycles. The van der Waals surface area contributed by atoms with Crippen molar-refractivity contribution < 1.29 is 14.6 Å². The third kappa shape index (κ3) is 1.14. The molecule has 2 heterocycles. The third-order valence-corrected chi connectivity index (χ3v) is 4.77. The largest absolute Gasteiger partial charge is 0.365 e. The van der Waals surface area contributed by atoms with Crippen LogP contribution in [0.4, 0.5) is 0 Å². The maximum absolute atomic E-state index is 10.4. The van der Waals surface area contributed by atoms with Gasteiger partial charge in [-0.2, -0.15) is 0 Å². The molecule has 2 saturated heterocycles. The zero-order valence-electron chi connectivity index (χ0n) is 11.5. The summed E-state index contributed by atoms with van der Waals surface area (Å²) < 4.78 is 12.0. The minimum absolute atomic E-state index is 0.259. The lowest BCUT2D eigenvalue weighted by Crippen LogP contribution is -2.77. The normalized spacial score (nSPS) is 42.0. The van der Waals surface area contributed by atoms with E-state index in [1.165, 1.54) is 0 Å². The van der Waals surface area contributed by atoms with Crippen molar-refractivity contribution in [3.05, 3.63) is 0 Å². The van der Waals surface area contributed by atoms with E-state index in [1.54, 1.807) is 6.92 Å². The number of rotatable bonds is 0. The van der Waals surface area contributed by atoms with Crippen molar-refractivity contribution >= 4 is 0 Å². The molecule has 3 nitrogen and oxygen atoms in total. The van der Waals surface area contributed by atoms with Crippen LogP contribution in [-0.4, -0.2) is 27.7 Å². The molecule has 1 unspecified atom stereocenters. The quantitative estimate of drug-likeness (QED) is 0.692. The van der Waals surface area contributed by atoms with Crippen LogP contribution in [0.1, 0.15) is 54.9 Å². The molecule has 2 aliphatic rings. The summed E-state index contributed by atoms with van der Waals surface area (Å²) in [6.07, 6.45) is 0.813. The second kappa shape index (κ2) is 2.65. The standard InChI is InChI=1S/C13H24O3/c1-9(2)8-13(16-12(9,7)14)10(3,4)15-11(13,5)6/h14H,8H2,1-7H3. The summed E-state index contributed by atoms with van der Waals surface area (Å²) in [5, 5.41) is 10.4. The van der Waals surface area contributed by atoms with Gasteiger partial charge in [-0.1, -0.05) is 13.8 Å². The molecule has 0 radical (unpaired) electrons. The molecule has 0 aromatic carbocycles. The van der Waals surface area contributed by atoms with Crippen LogP contribution < -0.4 is 0 Å². The van der Waals surface area contributed by atoms with Gasteiger partial charge in [0.05, 0.1) is 11.2 Å². The molecule has 0 aliphatic carbocycles. The minimum Gasteiger partial charge on any atom is -0.365 e. The Morgan fingerprint density at radius 3 is 1.44 bits per heavy atom. The Morgan fingerprint density at radius 1 is 0.812 bits per heavy atom. The highest BCUT2D eigenvalue weighted by Gasteiger charge is 2.76. The molecule has 1 spiro atoms. The van der Waals surface area contributed by atoms with Gasteiger partial charge in [0.15, 0.2) is 5.79 Å². The molecule has 2 rings (SSSR count). The minimum atomic E-state index is -1.09. The Kier molecular flexibility index (Phi) is 2.05. The molecular weight excluding hydrogens is 204 g/mol. The zero-order valence-corrected chi connectivity index (χ0v) is 11.5. The number of aliphatic hydroxyl groups is 1. The first-order valence-electron chi connectivity index (χ1n) is 6.00. The van der Waals surface area contributed by atoms with Crippen molar-refractivity contribution in [3.8, 4) is 0 Å². The number of ether oxygens (including phenoxy) is 2. The summed E-state index contributed by atoms with van der Waals surface area (Å²) in [4.78, 5) is 0. The topological polar surface area (TPSA) is 38.7 Å². The fraction of sp³-hybridized carbons (Fsp3) is 1.00. The van der Waals surface area contributed by atoms with Crippen LogP contribution in [0.3, 0.4) is 0 Å². The van der Waals surface area contributed by atoms with Gasteiger partial charge in [-0.3, -0.25) is 0 Å². The lowest BCUT2D eigenvalue weighted by molar-refractivity contribution is -0.413. The first kappa shape index (κ1) is 12.3. The Bertz CT molecular complexity index is 294. The summed E-state index contributed by atoms with van der Waals surface area (Å²) in [6, 6.07) is 0. The summed E-state index contributed by atoms with van der Waals surface area (Å²) in [6.45, 7) is 14.0. The van der Waals surface area contributed by atoms with E-state index < -0.39 is 11.4 Å². The van der Waals surface area contributed by atoms with Gasteiger partial charge in [-0.25, -0.2) is 0 Å². The van der Waals surface area contributed by atoms with Crippen LogP contribution in [0, 0.1) is 5.41 Å². The fourth-order valence-electron chi connectivity index (χ4n) is 3.45. The smallest absolute Gasteiger partial charge is 0.168 e. The number of hydrogen-bond donors (Lipinski definition) is 1. The zero-order chi connectivity index (χ0) is 12.6. The van der Waals surface area contributed by atoms with Gasteiger partial charge < -0.3 is 14.6 Å². The first-order chi connectivity index (χ1) is 6.87. The van der Waals surface area contributed by atoms with E-state index in [9.17, 15) is 5.11 Å². The molecule has 16 heavy (non-hydrogen) atoms. The van der Waals surface area contributed by atoms with Crippen molar-refractivity contribution in [2.24, 2.45) is 5.41 Å². The van der Waals surface area contributed by atoms with E-state index in [1.807, 2.05) is 41.5 Å². The SMILES string of the molecule is CC1(C)CC2(OC1(C)O)C(C)(C)OC2(C)C. The van der Waals surface area contributed by atoms with Crippen molar-refractivity contribution in [2.75, 3.05) is 0 Å². The summed E-state index contributed by atoms with van der Waals surface area (Å²) in [5.74, 6) is -1.09. The van der Waals surface area contributed by atoms with Gasteiger partial charge in [0.25, 0.3) is 0 Å². The molecule has 3 heteroatoms. The lowest BCUT2D eigenvalue weighted by Gasteiger charge is -2.64. The lowest BCUT2D eigenvalue weighted by atomic mass is 9.62. The van der Waals surface area contributed by atoms with Crippen LogP contribution in [0.25, 0.3) is 0 Å². The molecule has 0 amide bonds. The average Bonchev–Trinajstić information content (AvgIpc) is 2.18. The predicted octanol–water partition coefficient (Wildman–Crippen LogP) is 2.47. The van der Waals surface area contributed by atoms with Gasteiger partial charge in [0, 0.05) is 5.41 Å². The van der Waals surface area contributed by atoms with Crippen molar-refractivity contribution in [1.82, 2.24) is 0 Å². The molecular formula is C13H24O3. The van der Waals surface area contributed by atoms with E-state index in [4.69, 9.17) is 9.47 Å². The molecule has 2 aliphatic heterocycles. The van der Waals surface area contributed by atoms with Crippen molar-refractivity contribution in [3.63, 3.8) is 0 Å². The van der Waals surface area contributed by atoms with Crippen LogP contribution in [-0.2, 0) is 9.47 Å². The van der Waals surface area contributed by atoms with Gasteiger partial charge >= 0.3 is 0 Å². The maximum Gasteiger partial charge on any atom is 0.168 e. The highest BCUT2D eigenvalue weighted by atomic mass is 16.7. The average molecular weight is 228 g/mol. The van der Waals surface area contributed by atoms with Crippen LogP contribution in [0.2, 0.25) is 0 Å². The van der Waals surface area contributed by atoms with E-state index in [-0.39, 0.29) is 16.6 Å². The molecule has 0 aromatic rings. The molecule has 1 N–H and O–H groups in total. The third-order valence-electron chi connectivity index (χ3n) is 4.77. The van der Waals surface area contributed by atoms with Gasteiger partial charge in [-0.05, 0) is 41.0 Å². The Morgan fingerprint density at radius 2 is 1.25 bits per heavy atom. The van der Waals surface area contributed by atoms with E-state index in [0.29, 0.717) is 0 Å².